The monoisotopic (exact) mass is 292 g/mol. The second kappa shape index (κ2) is 5.22. The summed E-state index contributed by atoms with van der Waals surface area (Å²) in [4.78, 5) is 13.0. The number of rotatable bonds is 4. The van der Waals surface area contributed by atoms with Crippen LogP contribution in [0.3, 0.4) is 0 Å². The number of likely N-dealkylation sites (tertiary alicyclic amines) is 1. The Morgan fingerprint density at radius 2 is 2.25 bits per heavy atom. The number of aromatic nitrogens is 3. The first kappa shape index (κ1) is 13.1. The summed E-state index contributed by atoms with van der Waals surface area (Å²) in [6, 6.07) is 7.97. The minimum absolute atomic E-state index is 0.0155. The molecule has 3 rings (SSSR count). The van der Waals surface area contributed by atoms with E-state index < -0.39 is 5.97 Å². The van der Waals surface area contributed by atoms with Crippen LogP contribution in [-0.4, -0.2) is 44.1 Å². The van der Waals surface area contributed by atoms with Crippen molar-refractivity contribution in [1.82, 2.24) is 19.9 Å². The van der Waals surface area contributed by atoms with Gasteiger partial charge in [-0.15, -0.1) is 5.10 Å². The lowest BCUT2D eigenvalue weighted by molar-refractivity contribution is 0.0690. The smallest absolute Gasteiger partial charge is 0.358 e. The van der Waals surface area contributed by atoms with Gasteiger partial charge in [0, 0.05) is 24.7 Å². The van der Waals surface area contributed by atoms with E-state index in [1.807, 2.05) is 24.3 Å². The topological polar surface area (TPSA) is 71.2 Å². The molecule has 1 aliphatic heterocycles. The van der Waals surface area contributed by atoms with Gasteiger partial charge in [0.25, 0.3) is 0 Å². The maximum atomic E-state index is 10.7. The molecule has 0 saturated carbocycles. The first-order valence-corrected chi connectivity index (χ1v) is 6.61. The quantitative estimate of drug-likeness (QED) is 0.928. The highest BCUT2D eigenvalue weighted by Crippen LogP contribution is 2.23. The van der Waals surface area contributed by atoms with Gasteiger partial charge in [0.05, 0.1) is 12.2 Å². The maximum Gasteiger partial charge on any atom is 0.358 e. The molecule has 6 nitrogen and oxygen atoms in total. The van der Waals surface area contributed by atoms with Crippen LogP contribution in [0.5, 0.6) is 0 Å². The number of hydrogen-bond acceptors (Lipinski definition) is 4. The third-order valence-electron chi connectivity index (χ3n) is 3.34. The normalized spacial score (nSPS) is 16.1. The largest absolute Gasteiger partial charge is 0.476 e. The SMILES string of the molecule is O=C(O)c1cn(C2CN(Cc3cccc(Cl)c3)C2)nn1. The second-order valence-corrected chi connectivity index (χ2v) is 5.30. The Balaban J connectivity index is 1.57. The number of hydrogen-bond donors (Lipinski definition) is 1. The first-order chi connectivity index (χ1) is 9.61. The van der Waals surface area contributed by atoms with Crippen molar-refractivity contribution >= 4 is 17.6 Å². The summed E-state index contributed by atoms with van der Waals surface area (Å²) in [6.07, 6.45) is 1.48. The van der Waals surface area contributed by atoms with E-state index in [1.165, 1.54) is 11.8 Å². The number of nitrogens with zero attached hydrogens (tertiary/aromatic N) is 4. The van der Waals surface area contributed by atoms with Gasteiger partial charge in [-0.25, -0.2) is 9.48 Å². The molecule has 1 fully saturated rings. The third-order valence-corrected chi connectivity index (χ3v) is 3.57. The molecule has 1 aromatic heterocycles. The summed E-state index contributed by atoms with van der Waals surface area (Å²) in [7, 11) is 0. The van der Waals surface area contributed by atoms with Crippen LogP contribution in [0.15, 0.2) is 30.5 Å². The molecule has 2 aromatic rings. The van der Waals surface area contributed by atoms with Crippen LogP contribution in [0.2, 0.25) is 5.02 Å². The molecule has 2 heterocycles. The highest BCUT2D eigenvalue weighted by molar-refractivity contribution is 6.30. The van der Waals surface area contributed by atoms with Crippen LogP contribution in [0.4, 0.5) is 0 Å². The van der Waals surface area contributed by atoms with E-state index in [2.05, 4.69) is 15.2 Å². The molecule has 0 bridgehead atoms. The Bertz CT molecular complexity index is 637. The molecule has 20 heavy (non-hydrogen) atoms. The molecule has 0 spiro atoms. The highest BCUT2D eigenvalue weighted by atomic mass is 35.5. The molecular formula is C13H13ClN4O2. The fourth-order valence-corrected chi connectivity index (χ4v) is 2.50. The third kappa shape index (κ3) is 2.66. The zero-order valence-electron chi connectivity index (χ0n) is 10.6. The van der Waals surface area contributed by atoms with E-state index in [9.17, 15) is 4.79 Å². The minimum Gasteiger partial charge on any atom is -0.476 e. The number of benzene rings is 1. The molecule has 1 aliphatic rings. The van der Waals surface area contributed by atoms with Gasteiger partial charge in [-0.3, -0.25) is 4.90 Å². The van der Waals surface area contributed by atoms with Crippen molar-refractivity contribution in [3.05, 3.63) is 46.7 Å². The number of carbonyl (C=O) groups is 1. The number of carboxylic acid groups (broad SMARTS) is 1. The average molecular weight is 293 g/mol. The summed E-state index contributed by atoms with van der Waals surface area (Å²) in [6.45, 7) is 2.49. The van der Waals surface area contributed by atoms with E-state index in [0.717, 1.165) is 24.7 Å². The van der Waals surface area contributed by atoms with Crippen molar-refractivity contribution in [2.45, 2.75) is 12.6 Å². The van der Waals surface area contributed by atoms with Crippen molar-refractivity contribution in [3.63, 3.8) is 0 Å². The lowest BCUT2D eigenvalue weighted by Gasteiger charge is -2.38. The molecular weight excluding hydrogens is 280 g/mol. The Labute approximate surface area is 120 Å². The summed E-state index contributed by atoms with van der Waals surface area (Å²) >= 11 is 5.95. The molecule has 104 valence electrons. The van der Waals surface area contributed by atoms with Gasteiger partial charge < -0.3 is 5.11 Å². The van der Waals surface area contributed by atoms with Crippen molar-refractivity contribution in [2.75, 3.05) is 13.1 Å². The van der Waals surface area contributed by atoms with Gasteiger partial charge in [0.2, 0.25) is 0 Å². The molecule has 7 heteroatoms. The maximum absolute atomic E-state index is 10.7. The summed E-state index contributed by atoms with van der Waals surface area (Å²) < 4.78 is 1.62. The van der Waals surface area contributed by atoms with E-state index >= 15 is 0 Å². The summed E-state index contributed by atoms with van der Waals surface area (Å²) in [5.74, 6) is -1.05. The second-order valence-electron chi connectivity index (χ2n) is 4.87. The average Bonchev–Trinajstić information content (AvgIpc) is 2.82. The van der Waals surface area contributed by atoms with Crippen LogP contribution in [0.1, 0.15) is 22.1 Å². The van der Waals surface area contributed by atoms with Gasteiger partial charge in [0.15, 0.2) is 5.69 Å². The van der Waals surface area contributed by atoms with Crippen molar-refractivity contribution in [1.29, 1.82) is 0 Å². The molecule has 1 N–H and O–H groups in total. The van der Waals surface area contributed by atoms with E-state index in [4.69, 9.17) is 16.7 Å². The Kier molecular flexibility index (Phi) is 3.42. The van der Waals surface area contributed by atoms with Crippen LogP contribution in [0, 0.1) is 0 Å². The Morgan fingerprint density at radius 1 is 1.45 bits per heavy atom. The van der Waals surface area contributed by atoms with Crippen molar-refractivity contribution < 1.29 is 9.90 Å². The Morgan fingerprint density at radius 3 is 2.90 bits per heavy atom. The van der Waals surface area contributed by atoms with Crippen LogP contribution < -0.4 is 0 Å². The van der Waals surface area contributed by atoms with E-state index in [0.29, 0.717) is 0 Å². The highest BCUT2D eigenvalue weighted by Gasteiger charge is 2.29. The fraction of sp³-hybridized carbons (Fsp3) is 0.308. The predicted octanol–water partition coefficient (Wildman–Crippen LogP) is 1.69. The molecule has 0 amide bonds. The van der Waals surface area contributed by atoms with Crippen LogP contribution >= 0.6 is 11.6 Å². The molecule has 0 radical (unpaired) electrons. The van der Waals surface area contributed by atoms with Gasteiger partial charge in [0.1, 0.15) is 0 Å². The van der Waals surface area contributed by atoms with E-state index in [1.54, 1.807) is 4.68 Å². The summed E-state index contributed by atoms with van der Waals surface area (Å²) in [5, 5.41) is 17.0. The Hall–Kier alpha value is -1.92. The van der Waals surface area contributed by atoms with Crippen LogP contribution in [-0.2, 0) is 6.54 Å². The number of aromatic carboxylic acids is 1. The van der Waals surface area contributed by atoms with Gasteiger partial charge in [-0.05, 0) is 17.7 Å². The predicted molar refractivity (Wildman–Crippen MR) is 72.7 cm³/mol. The van der Waals surface area contributed by atoms with Crippen molar-refractivity contribution in [3.8, 4) is 0 Å². The lowest BCUT2D eigenvalue weighted by atomic mass is 10.1. The molecule has 0 aliphatic carbocycles. The molecule has 0 unspecified atom stereocenters. The minimum atomic E-state index is -1.05. The standard InChI is InChI=1S/C13H13ClN4O2/c14-10-3-1-2-9(4-10)5-17-6-11(7-17)18-8-12(13(19)20)15-16-18/h1-4,8,11H,5-7H2,(H,19,20). The van der Waals surface area contributed by atoms with Gasteiger partial charge in [-0.1, -0.05) is 28.9 Å². The van der Waals surface area contributed by atoms with Gasteiger partial charge in [-0.2, -0.15) is 0 Å². The number of halogens is 1. The zero-order chi connectivity index (χ0) is 14.1. The molecule has 0 atom stereocenters. The van der Waals surface area contributed by atoms with Crippen molar-refractivity contribution in [2.24, 2.45) is 0 Å². The molecule has 1 saturated heterocycles. The fourth-order valence-electron chi connectivity index (χ4n) is 2.29. The first-order valence-electron chi connectivity index (χ1n) is 6.24. The van der Waals surface area contributed by atoms with E-state index in [-0.39, 0.29) is 11.7 Å². The van der Waals surface area contributed by atoms with Crippen LogP contribution in [0.25, 0.3) is 0 Å². The lowest BCUT2D eigenvalue weighted by Crippen LogP contribution is -2.47. The summed E-state index contributed by atoms with van der Waals surface area (Å²) in [5.41, 5.74) is 1.15. The number of carboxylic acids is 1. The zero-order valence-corrected chi connectivity index (χ0v) is 11.4. The molecule has 1 aromatic carbocycles. The van der Waals surface area contributed by atoms with Gasteiger partial charge >= 0.3 is 5.97 Å².